The quantitative estimate of drug-likeness (QED) is 0.170. The molecule has 1 heterocycles. The molecule has 0 saturated carbocycles. The molecule has 7 atom stereocenters. The van der Waals surface area contributed by atoms with Crippen LogP contribution in [0.15, 0.2) is 30.3 Å². The van der Waals surface area contributed by atoms with Crippen molar-refractivity contribution in [1.29, 1.82) is 0 Å². The molecule has 0 bridgehead atoms. The van der Waals surface area contributed by atoms with Crippen molar-refractivity contribution in [2.75, 3.05) is 34.5 Å². The Balaban J connectivity index is 1.83. The standard InChI is InChI=1S/C25H34O13/c1-33-15-8-13(4-5-14(15)37-25-23(32)22(31)21(30)19(11-28)38-25)20(29)18(10-27)36-24-16(34-2)6-12(9-26)7-17(24)35-3/h4-8,18-23,25-32H,9-11H2,1-3H3/t18-,19-,20+,21-,22+,23-,25-/m1/s1. The number of rotatable bonds is 12. The molecule has 1 saturated heterocycles. The molecule has 3 rings (SSSR count). The number of aliphatic hydroxyl groups is 7. The molecule has 1 fully saturated rings. The van der Waals surface area contributed by atoms with Crippen molar-refractivity contribution in [1.82, 2.24) is 0 Å². The van der Waals surface area contributed by atoms with E-state index in [-0.39, 0.29) is 40.9 Å². The number of hydrogen-bond donors (Lipinski definition) is 7. The molecule has 0 aromatic heterocycles. The summed E-state index contributed by atoms with van der Waals surface area (Å²) >= 11 is 0. The molecule has 0 unspecified atom stereocenters. The lowest BCUT2D eigenvalue weighted by Crippen LogP contribution is -2.60. The molecule has 0 aliphatic carbocycles. The fourth-order valence-electron chi connectivity index (χ4n) is 3.96. The van der Waals surface area contributed by atoms with Crippen molar-refractivity contribution in [3.05, 3.63) is 41.5 Å². The van der Waals surface area contributed by atoms with Gasteiger partial charge in [0.05, 0.1) is 41.2 Å². The maximum atomic E-state index is 11.0. The maximum Gasteiger partial charge on any atom is 0.229 e. The predicted octanol–water partition coefficient (Wildman–Crippen LogP) is -1.14. The van der Waals surface area contributed by atoms with Gasteiger partial charge in [0.15, 0.2) is 29.1 Å². The molecule has 212 valence electrons. The van der Waals surface area contributed by atoms with Crippen LogP contribution >= 0.6 is 0 Å². The zero-order valence-electron chi connectivity index (χ0n) is 21.1. The Morgan fingerprint density at radius 1 is 0.816 bits per heavy atom. The van der Waals surface area contributed by atoms with Crippen molar-refractivity contribution in [2.45, 2.75) is 49.5 Å². The highest BCUT2D eigenvalue weighted by Crippen LogP contribution is 2.41. The summed E-state index contributed by atoms with van der Waals surface area (Å²) in [6, 6.07) is 7.35. The van der Waals surface area contributed by atoms with E-state index in [4.69, 9.17) is 28.4 Å². The van der Waals surface area contributed by atoms with Gasteiger partial charge < -0.3 is 64.2 Å². The highest BCUT2D eigenvalue weighted by Gasteiger charge is 2.45. The van der Waals surface area contributed by atoms with Gasteiger partial charge in [-0.1, -0.05) is 6.07 Å². The van der Waals surface area contributed by atoms with E-state index in [2.05, 4.69) is 0 Å². The third kappa shape index (κ3) is 6.22. The van der Waals surface area contributed by atoms with Gasteiger partial charge in [-0.25, -0.2) is 0 Å². The number of methoxy groups -OCH3 is 3. The molecule has 0 radical (unpaired) electrons. The number of aliphatic hydroxyl groups excluding tert-OH is 7. The smallest absolute Gasteiger partial charge is 0.229 e. The van der Waals surface area contributed by atoms with Crippen LogP contribution in [0.4, 0.5) is 0 Å². The molecule has 7 N–H and O–H groups in total. The molecular formula is C25H34O13. The van der Waals surface area contributed by atoms with Crippen LogP contribution in [-0.2, 0) is 11.3 Å². The molecule has 13 heteroatoms. The SMILES string of the molecule is COc1cc([C@H](O)[C@@H](CO)Oc2c(OC)cc(CO)cc2OC)ccc1O[C@@H]1O[C@H](CO)[C@@H](O)[C@H](O)[C@H]1O. The van der Waals surface area contributed by atoms with Crippen LogP contribution in [0, 0.1) is 0 Å². The second kappa shape index (κ2) is 13.3. The Hall–Kier alpha value is -2.88. The van der Waals surface area contributed by atoms with Gasteiger partial charge in [0, 0.05) is 0 Å². The van der Waals surface area contributed by atoms with Crippen LogP contribution < -0.4 is 23.7 Å². The van der Waals surface area contributed by atoms with Gasteiger partial charge in [0.1, 0.15) is 30.5 Å². The molecule has 1 aliphatic heterocycles. The third-order valence-corrected chi connectivity index (χ3v) is 6.13. The minimum atomic E-state index is -1.63. The van der Waals surface area contributed by atoms with Gasteiger partial charge >= 0.3 is 0 Å². The summed E-state index contributed by atoms with van der Waals surface area (Å²) < 4.78 is 32.9. The van der Waals surface area contributed by atoms with Crippen molar-refractivity contribution >= 4 is 0 Å². The summed E-state index contributed by atoms with van der Waals surface area (Å²) in [5, 5.41) is 70.1. The fourth-order valence-corrected chi connectivity index (χ4v) is 3.96. The minimum absolute atomic E-state index is 0.0668. The number of hydrogen-bond acceptors (Lipinski definition) is 13. The maximum absolute atomic E-state index is 11.0. The van der Waals surface area contributed by atoms with Crippen LogP contribution in [0.1, 0.15) is 17.2 Å². The monoisotopic (exact) mass is 542 g/mol. The second-order valence-corrected chi connectivity index (χ2v) is 8.50. The van der Waals surface area contributed by atoms with E-state index in [1.54, 1.807) is 0 Å². The Morgan fingerprint density at radius 2 is 1.45 bits per heavy atom. The van der Waals surface area contributed by atoms with Crippen LogP contribution in [0.3, 0.4) is 0 Å². The fraction of sp³-hybridized carbons (Fsp3) is 0.520. The first-order chi connectivity index (χ1) is 18.2. The first-order valence-corrected chi connectivity index (χ1v) is 11.7. The zero-order chi connectivity index (χ0) is 28.0. The highest BCUT2D eigenvalue weighted by molar-refractivity contribution is 5.54. The molecule has 2 aromatic rings. The predicted molar refractivity (Wildman–Crippen MR) is 129 cm³/mol. The van der Waals surface area contributed by atoms with E-state index < -0.39 is 56.1 Å². The Morgan fingerprint density at radius 3 is 1.97 bits per heavy atom. The minimum Gasteiger partial charge on any atom is -0.493 e. The van der Waals surface area contributed by atoms with Gasteiger partial charge in [-0.2, -0.15) is 0 Å². The van der Waals surface area contributed by atoms with E-state index in [1.165, 1.54) is 51.7 Å². The molecule has 0 amide bonds. The molecule has 38 heavy (non-hydrogen) atoms. The highest BCUT2D eigenvalue weighted by atomic mass is 16.7. The summed E-state index contributed by atoms with van der Waals surface area (Å²) in [7, 11) is 4.13. The molecule has 1 aliphatic rings. The summed E-state index contributed by atoms with van der Waals surface area (Å²) in [6.45, 7) is -1.48. The van der Waals surface area contributed by atoms with Crippen LogP contribution in [0.2, 0.25) is 0 Å². The Bertz CT molecular complexity index is 1020. The summed E-state index contributed by atoms with van der Waals surface area (Å²) in [4.78, 5) is 0. The van der Waals surface area contributed by atoms with Gasteiger partial charge in [0.25, 0.3) is 0 Å². The number of ether oxygens (including phenoxy) is 6. The van der Waals surface area contributed by atoms with Crippen molar-refractivity contribution in [3.8, 4) is 28.7 Å². The van der Waals surface area contributed by atoms with E-state index in [1.807, 2.05) is 0 Å². The molecule has 0 spiro atoms. The number of benzene rings is 2. The van der Waals surface area contributed by atoms with E-state index in [0.717, 1.165) is 0 Å². The van der Waals surface area contributed by atoms with E-state index >= 15 is 0 Å². The summed E-state index contributed by atoms with van der Waals surface area (Å²) in [5.74, 6) is 0.731. The largest absolute Gasteiger partial charge is 0.493 e. The van der Waals surface area contributed by atoms with Gasteiger partial charge in [0.2, 0.25) is 12.0 Å². The van der Waals surface area contributed by atoms with Crippen LogP contribution in [0.25, 0.3) is 0 Å². The average molecular weight is 543 g/mol. The normalized spacial score (nSPS) is 24.8. The van der Waals surface area contributed by atoms with Gasteiger partial charge in [-0.05, 0) is 35.4 Å². The Kier molecular flexibility index (Phi) is 10.4. The lowest BCUT2D eigenvalue weighted by Gasteiger charge is -2.39. The second-order valence-electron chi connectivity index (χ2n) is 8.50. The average Bonchev–Trinajstić information content (AvgIpc) is 2.95. The topological polar surface area (TPSA) is 197 Å². The van der Waals surface area contributed by atoms with Crippen LogP contribution in [-0.4, -0.2) is 107 Å². The zero-order valence-corrected chi connectivity index (χ0v) is 21.1. The molecule has 13 nitrogen and oxygen atoms in total. The lowest BCUT2D eigenvalue weighted by atomic mass is 9.99. The Labute approximate surface area is 218 Å². The van der Waals surface area contributed by atoms with E-state index in [9.17, 15) is 35.7 Å². The molecular weight excluding hydrogens is 508 g/mol. The summed E-state index contributed by atoms with van der Waals surface area (Å²) in [5.41, 5.74) is 0.777. The summed E-state index contributed by atoms with van der Waals surface area (Å²) in [6.07, 6.45) is -9.94. The van der Waals surface area contributed by atoms with Gasteiger partial charge in [-0.3, -0.25) is 0 Å². The van der Waals surface area contributed by atoms with Crippen molar-refractivity contribution in [3.63, 3.8) is 0 Å². The van der Waals surface area contributed by atoms with Crippen LogP contribution in [0.5, 0.6) is 28.7 Å². The first-order valence-electron chi connectivity index (χ1n) is 11.7. The lowest BCUT2D eigenvalue weighted by molar-refractivity contribution is -0.277. The van der Waals surface area contributed by atoms with Crippen molar-refractivity contribution in [2.24, 2.45) is 0 Å². The van der Waals surface area contributed by atoms with E-state index in [0.29, 0.717) is 5.56 Å². The van der Waals surface area contributed by atoms with Gasteiger partial charge in [-0.15, -0.1) is 0 Å². The first kappa shape index (κ1) is 29.7. The van der Waals surface area contributed by atoms with Crippen molar-refractivity contribution < 1.29 is 64.2 Å². The third-order valence-electron chi connectivity index (χ3n) is 6.13. The molecule has 2 aromatic carbocycles.